The Balaban J connectivity index is 1.82. The monoisotopic (exact) mass is 575 g/mol. The molecule has 0 aromatic heterocycles. The molecule has 2 bridgehead atoms. The highest BCUT2D eigenvalue weighted by Gasteiger charge is 2.76. The highest BCUT2D eigenvalue weighted by atomic mass is 79.9. The Hall–Kier alpha value is -2.10. The van der Waals surface area contributed by atoms with Gasteiger partial charge < -0.3 is 19.8 Å². The summed E-state index contributed by atoms with van der Waals surface area (Å²) < 4.78 is -0.756. The zero-order valence-electron chi connectivity index (χ0n) is 21.0. The Kier molecular flexibility index (Phi) is 7.74. The molecule has 0 saturated carbocycles. The van der Waals surface area contributed by atoms with Crippen LogP contribution in [0, 0.1) is 25.7 Å². The van der Waals surface area contributed by atoms with Crippen LogP contribution < -0.4 is 4.90 Å². The number of alkyl halides is 1. The molecular weight excluding hydrogens is 542 g/mol. The minimum absolute atomic E-state index is 0.00457. The third kappa shape index (κ3) is 4.03. The number of anilines is 1. The van der Waals surface area contributed by atoms with Gasteiger partial charge in [0.1, 0.15) is 6.04 Å². The summed E-state index contributed by atoms with van der Waals surface area (Å²) in [4.78, 5) is 46.8. The number of para-hydroxylation sites is 1. The van der Waals surface area contributed by atoms with Gasteiger partial charge in [-0.1, -0.05) is 46.3 Å². The van der Waals surface area contributed by atoms with Gasteiger partial charge in [-0.3, -0.25) is 14.4 Å². The van der Waals surface area contributed by atoms with E-state index in [2.05, 4.69) is 29.1 Å². The van der Waals surface area contributed by atoms with E-state index >= 15 is 0 Å². The second-order valence-electron chi connectivity index (χ2n) is 9.90. The van der Waals surface area contributed by atoms with E-state index in [9.17, 15) is 19.5 Å². The topological polar surface area (TPSA) is 81.2 Å². The summed E-state index contributed by atoms with van der Waals surface area (Å²) in [6, 6.07) is 5.09. The second-order valence-corrected chi connectivity index (χ2v) is 12.6. The summed E-state index contributed by atoms with van der Waals surface area (Å²) in [6.07, 6.45) is 3.95. The molecule has 1 N–H and O–H groups in total. The first-order valence-corrected chi connectivity index (χ1v) is 14.0. The third-order valence-electron chi connectivity index (χ3n) is 7.72. The standard InChI is InChI=1S/C27H34BrN3O4S/c1-6-11-29(5)24(33)19-20-25(34)31(13-14-32)23(27(20)15-18(28)22(19)36-27)26(35)30(12-7-2)21-16(3)9-8-10-17(21)4/h6-10,18-20,22-23,32H,1-2,11-15H2,3-5H3/t18?,19-,20+,22-,23?,27?/m1/s1. The second kappa shape index (κ2) is 10.3. The number of aliphatic hydroxyl groups is 1. The van der Waals surface area contributed by atoms with Crippen molar-refractivity contribution >= 4 is 51.1 Å². The lowest BCUT2D eigenvalue weighted by molar-refractivity contribution is -0.143. The van der Waals surface area contributed by atoms with E-state index in [0.29, 0.717) is 19.5 Å². The minimum atomic E-state index is -0.793. The van der Waals surface area contributed by atoms with E-state index in [0.717, 1.165) is 16.8 Å². The Bertz CT molecular complexity index is 1080. The zero-order chi connectivity index (χ0) is 26.4. The van der Waals surface area contributed by atoms with Crippen LogP contribution in [0.4, 0.5) is 5.69 Å². The molecule has 3 aliphatic rings. The van der Waals surface area contributed by atoms with Gasteiger partial charge in [0, 0.05) is 42.4 Å². The Morgan fingerprint density at radius 3 is 2.44 bits per heavy atom. The van der Waals surface area contributed by atoms with Crippen molar-refractivity contribution in [1.82, 2.24) is 9.80 Å². The number of rotatable bonds is 9. The number of hydrogen-bond acceptors (Lipinski definition) is 5. The van der Waals surface area contributed by atoms with Gasteiger partial charge >= 0.3 is 0 Å². The number of thioether (sulfide) groups is 1. The van der Waals surface area contributed by atoms with Crippen molar-refractivity contribution in [2.45, 2.75) is 41.1 Å². The van der Waals surface area contributed by atoms with Crippen LogP contribution in [0.5, 0.6) is 0 Å². The average molecular weight is 577 g/mol. The first kappa shape index (κ1) is 26.9. The Labute approximate surface area is 225 Å². The maximum atomic E-state index is 14.5. The van der Waals surface area contributed by atoms with E-state index in [1.54, 1.807) is 40.8 Å². The molecule has 1 aromatic rings. The normalized spacial score (nSPS) is 30.3. The highest BCUT2D eigenvalue weighted by Crippen LogP contribution is 2.68. The van der Waals surface area contributed by atoms with Gasteiger partial charge in [0.15, 0.2) is 0 Å². The lowest BCUT2D eigenvalue weighted by Gasteiger charge is -2.38. The molecule has 0 aliphatic carbocycles. The van der Waals surface area contributed by atoms with Crippen LogP contribution in [0.3, 0.4) is 0 Å². The molecule has 36 heavy (non-hydrogen) atoms. The molecule has 3 unspecified atom stereocenters. The highest BCUT2D eigenvalue weighted by molar-refractivity contribution is 9.09. The summed E-state index contributed by atoms with van der Waals surface area (Å²) in [5.41, 5.74) is 2.72. The Morgan fingerprint density at radius 2 is 1.86 bits per heavy atom. The fourth-order valence-electron chi connectivity index (χ4n) is 6.38. The molecule has 0 radical (unpaired) electrons. The van der Waals surface area contributed by atoms with Crippen LogP contribution in [0.1, 0.15) is 17.5 Å². The van der Waals surface area contributed by atoms with Crippen LogP contribution >= 0.6 is 27.7 Å². The number of amides is 3. The molecule has 1 spiro atoms. The number of carbonyl (C=O) groups is 3. The number of halogens is 1. The summed E-state index contributed by atoms with van der Waals surface area (Å²) in [6.45, 7) is 12.0. The fraction of sp³-hybridized carbons (Fsp3) is 0.519. The lowest BCUT2D eigenvalue weighted by Crippen LogP contribution is -2.56. The summed E-state index contributed by atoms with van der Waals surface area (Å²) >= 11 is 5.38. The van der Waals surface area contributed by atoms with Gasteiger partial charge in [-0.15, -0.1) is 24.9 Å². The Morgan fingerprint density at radius 1 is 1.22 bits per heavy atom. The lowest BCUT2D eigenvalue weighted by atomic mass is 9.70. The molecule has 3 amide bonds. The van der Waals surface area contributed by atoms with E-state index in [-0.39, 0.29) is 41.0 Å². The summed E-state index contributed by atoms with van der Waals surface area (Å²) in [7, 11) is 1.72. The van der Waals surface area contributed by atoms with Gasteiger partial charge in [-0.25, -0.2) is 0 Å². The average Bonchev–Trinajstić information content (AvgIpc) is 3.41. The predicted octanol–water partition coefficient (Wildman–Crippen LogP) is 2.92. The molecule has 6 atom stereocenters. The third-order valence-corrected chi connectivity index (χ3v) is 10.9. The molecule has 9 heteroatoms. The van der Waals surface area contributed by atoms with E-state index in [1.807, 2.05) is 32.0 Å². The van der Waals surface area contributed by atoms with E-state index in [4.69, 9.17) is 0 Å². The first-order valence-electron chi connectivity index (χ1n) is 12.2. The van der Waals surface area contributed by atoms with Crippen LogP contribution in [-0.2, 0) is 14.4 Å². The molecule has 3 saturated heterocycles. The van der Waals surface area contributed by atoms with Crippen molar-refractivity contribution in [2.75, 3.05) is 38.2 Å². The molecule has 3 heterocycles. The summed E-state index contributed by atoms with van der Waals surface area (Å²) in [5.74, 6) is -1.69. The predicted molar refractivity (Wildman–Crippen MR) is 147 cm³/mol. The number of nitrogens with zero attached hydrogens (tertiary/aromatic N) is 3. The number of benzene rings is 1. The van der Waals surface area contributed by atoms with Crippen molar-refractivity contribution in [3.63, 3.8) is 0 Å². The molecule has 194 valence electrons. The van der Waals surface area contributed by atoms with Crippen molar-refractivity contribution < 1.29 is 19.5 Å². The van der Waals surface area contributed by atoms with Crippen molar-refractivity contribution in [2.24, 2.45) is 11.8 Å². The maximum absolute atomic E-state index is 14.5. The number of carbonyl (C=O) groups excluding carboxylic acids is 3. The quantitative estimate of drug-likeness (QED) is 0.361. The number of fused-ring (bicyclic) bond motifs is 1. The number of β-amino-alcohol motifs (C(OH)–C–C–N with tert-alkyl or cyclic N) is 1. The van der Waals surface area contributed by atoms with Crippen molar-refractivity contribution in [3.05, 3.63) is 54.6 Å². The minimum Gasteiger partial charge on any atom is -0.395 e. The number of aryl methyl sites for hydroxylation is 2. The molecule has 4 rings (SSSR count). The van der Waals surface area contributed by atoms with Gasteiger partial charge in [0.25, 0.3) is 5.91 Å². The fourth-order valence-corrected chi connectivity index (χ4v) is 9.98. The van der Waals surface area contributed by atoms with Crippen molar-refractivity contribution in [3.8, 4) is 0 Å². The number of hydrogen-bond donors (Lipinski definition) is 1. The van der Waals surface area contributed by atoms with Gasteiger partial charge in [-0.2, -0.15) is 0 Å². The van der Waals surface area contributed by atoms with E-state index in [1.165, 1.54) is 4.90 Å². The zero-order valence-corrected chi connectivity index (χ0v) is 23.4. The largest absolute Gasteiger partial charge is 0.395 e. The number of likely N-dealkylation sites (tertiary alicyclic amines) is 1. The SMILES string of the molecule is C=CCN(C)C(=O)[C@H]1[C@@H]2SC3(CC2Br)C(C(=O)N(CC=C)c2c(C)cccc2C)N(CCO)C(=O)[C@H]13. The van der Waals surface area contributed by atoms with Gasteiger partial charge in [-0.05, 0) is 31.4 Å². The first-order chi connectivity index (χ1) is 17.1. The maximum Gasteiger partial charge on any atom is 0.251 e. The summed E-state index contributed by atoms with van der Waals surface area (Å²) in [5, 5.41) is 9.76. The van der Waals surface area contributed by atoms with Crippen molar-refractivity contribution in [1.29, 1.82) is 0 Å². The van der Waals surface area contributed by atoms with Gasteiger partial charge in [0.2, 0.25) is 11.8 Å². The number of aliphatic hydroxyl groups excluding tert-OH is 1. The molecule has 1 aromatic carbocycles. The van der Waals surface area contributed by atoms with E-state index < -0.39 is 22.6 Å². The van der Waals surface area contributed by atoms with Crippen LogP contribution in [0.2, 0.25) is 0 Å². The van der Waals surface area contributed by atoms with Crippen LogP contribution in [-0.4, -0.2) is 86.8 Å². The van der Waals surface area contributed by atoms with Crippen LogP contribution in [0.15, 0.2) is 43.5 Å². The number of likely N-dealkylation sites (N-methyl/N-ethyl adjacent to an activating group) is 1. The molecule has 3 aliphatic heterocycles. The van der Waals surface area contributed by atoms with Crippen LogP contribution in [0.25, 0.3) is 0 Å². The smallest absolute Gasteiger partial charge is 0.251 e. The molecular formula is C27H34BrN3O4S. The molecule has 7 nitrogen and oxygen atoms in total. The molecule has 3 fully saturated rings. The van der Waals surface area contributed by atoms with Gasteiger partial charge in [0.05, 0.1) is 23.2 Å².